The molecule has 2 aromatic heterocycles. The van der Waals surface area contributed by atoms with Crippen molar-refractivity contribution in [3.63, 3.8) is 0 Å². The van der Waals surface area contributed by atoms with Crippen LogP contribution < -0.4 is 5.32 Å². The van der Waals surface area contributed by atoms with Crippen LogP contribution in [-0.4, -0.2) is 19.1 Å². The first kappa shape index (κ1) is 11.9. The molecule has 5 nitrogen and oxygen atoms in total. The van der Waals surface area contributed by atoms with E-state index >= 15 is 0 Å². The number of nitrogens with one attached hydrogen (secondary N) is 1. The van der Waals surface area contributed by atoms with E-state index in [-0.39, 0.29) is 0 Å². The van der Waals surface area contributed by atoms with E-state index in [1.54, 1.807) is 4.68 Å². The average molecular weight is 271 g/mol. The quantitative estimate of drug-likeness (QED) is 0.795. The van der Waals surface area contributed by atoms with Crippen LogP contribution in [0.15, 0.2) is 36.4 Å². The zero-order valence-corrected chi connectivity index (χ0v) is 11.5. The van der Waals surface area contributed by atoms with Gasteiger partial charge in [-0.2, -0.15) is 10.1 Å². The van der Waals surface area contributed by atoms with Crippen LogP contribution >= 0.6 is 11.5 Å². The Labute approximate surface area is 115 Å². The molecule has 0 fully saturated rings. The standard InChI is InChI=1S/C13H13N5S/c1-9-8-10(2)18(16-9)12-15-13(19-17-12)14-11-6-4-3-5-7-11/h3-8H,1-2H3,(H,14,15,17). The summed E-state index contributed by atoms with van der Waals surface area (Å²) in [6.07, 6.45) is 0. The van der Waals surface area contributed by atoms with Crippen molar-refractivity contribution in [1.82, 2.24) is 19.1 Å². The van der Waals surface area contributed by atoms with Gasteiger partial charge in [0.1, 0.15) is 0 Å². The van der Waals surface area contributed by atoms with Crippen molar-refractivity contribution < 1.29 is 0 Å². The molecule has 0 aliphatic heterocycles. The molecule has 0 aliphatic rings. The maximum Gasteiger partial charge on any atom is 0.264 e. The van der Waals surface area contributed by atoms with Crippen LogP contribution in [0.25, 0.3) is 5.95 Å². The lowest BCUT2D eigenvalue weighted by Crippen LogP contribution is -2.01. The predicted octanol–water partition coefficient (Wildman–Crippen LogP) is 3.08. The van der Waals surface area contributed by atoms with Crippen LogP contribution in [0.3, 0.4) is 0 Å². The Morgan fingerprint density at radius 1 is 1.16 bits per heavy atom. The average Bonchev–Trinajstić information content (AvgIpc) is 2.97. The molecule has 0 bridgehead atoms. The molecule has 6 heteroatoms. The van der Waals surface area contributed by atoms with Gasteiger partial charge in [-0.3, -0.25) is 0 Å². The van der Waals surface area contributed by atoms with Gasteiger partial charge >= 0.3 is 0 Å². The lowest BCUT2D eigenvalue weighted by atomic mass is 10.3. The third-order valence-electron chi connectivity index (χ3n) is 2.64. The van der Waals surface area contributed by atoms with Crippen molar-refractivity contribution in [1.29, 1.82) is 0 Å². The number of anilines is 2. The Morgan fingerprint density at radius 2 is 1.95 bits per heavy atom. The third-order valence-corrected chi connectivity index (χ3v) is 3.26. The maximum absolute atomic E-state index is 4.45. The molecule has 0 atom stereocenters. The van der Waals surface area contributed by atoms with Crippen molar-refractivity contribution in [2.75, 3.05) is 5.32 Å². The van der Waals surface area contributed by atoms with Gasteiger partial charge in [0, 0.05) is 22.9 Å². The first-order valence-electron chi connectivity index (χ1n) is 5.92. The summed E-state index contributed by atoms with van der Waals surface area (Å²) in [7, 11) is 0. The SMILES string of the molecule is Cc1cc(C)n(-c2nsc(Nc3ccccc3)n2)n1. The van der Waals surface area contributed by atoms with Gasteiger partial charge in [-0.05, 0) is 32.0 Å². The first-order chi connectivity index (χ1) is 9.22. The summed E-state index contributed by atoms with van der Waals surface area (Å²) in [4.78, 5) is 4.45. The molecule has 0 unspecified atom stereocenters. The van der Waals surface area contributed by atoms with Crippen LogP contribution in [0.1, 0.15) is 11.4 Å². The number of nitrogens with zero attached hydrogens (tertiary/aromatic N) is 4. The fraction of sp³-hybridized carbons (Fsp3) is 0.154. The Bertz CT molecular complexity index is 686. The molecule has 0 amide bonds. The fourth-order valence-corrected chi connectivity index (χ4v) is 2.40. The van der Waals surface area contributed by atoms with Crippen LogP contribution in [0.2, 0.25) is 0 Å². The van der Waals surface area contributed by atoms with E-state index in [2.05, 4.69) is 19.8 Å². The zero-order valence-electron chi connectivity index (χ0n) is 10.7. The summed E-state index contributed by atoms with van der Waals surface area (Å²) in [6, 6.07) is 11.9. The van der Waals surface area contributed by atoms with Crippen molar-refractivity contribution in [3.05, 3.63) is 47.8 Å². The summed E-state index contributed by atoms with van der Waals surface area (Å²) in [5.41, 5.74) is 2.99. The normalized spacial score (nSPS) is 10.6. The third kappa shape index (κ3) is 2.48. The number of hydrogen-bond donors (Lipinski definition) is 1. The molecule has 1 aromatic carbocycles. The summed E-state index contributed by atoms with van der Waals surface area (Å²) in [5, 5.41) is 8.35. The van der Waals surface area contributed by atoms with E-state index < -0.39 is 0 Å². The van der Waals surface area contributed by atoms with E-state index in [1.165, 1.54) is 11.5 Å². The Balaban J connectivity index is 1.86. The molecule has 19 heavy (non-hydrogen) atoms. The minimum absolute atomic E-state index is 0.606. The van der Waals surface area contributed by atoms with Crippen LogP contribution in [0, 0.1) is 13.8 Å². The summed E-state index contributed by atoms with van der Waals surface area (Å²) < 4.78 is 6.08. The van der Waals surface area contributed by atoms with Crippen molar-refractivity contribution >= 4 is 22.4 Å². The van der Waals surface area contributed by atoms with Gasteiger partial charge in [0.25, 0.3) is 5.95 Å². The molecule has 3 aromatic rings. The highest BCUT2D eigenvalue weighted by Gasteiger charge is 2.10. The van der Waals surface area contributed by atoms with Gasteiger partial charge in [-0.15, -0.1) is 4.37 Å². The summed E-state index contributed by atoms with van der Waals surface area (Å²) >= 11 is 1.32. The zero-order chi connectivity index (χ0) is 13.2. The van der Waals surface area contributed by atoms with Crippen LogP contribution in [-0.2, 0) is 0 Å². The van der Waals surface area contributed by atoms with E-state index in [4.69, 9.17) is 0 Å². The van der Waals surface area contributed by atoms with Gasteiger partial charge in [0.15, 0.2) is 0 Å². The van der Waals surface area contributed by atoms with Gasteiger partial charge in [-0.25, -0.2) is 4.68 Å². The highest BCUT2D eigenvalue weighted by atomic mass is 32.1. The van der Waals surface area contributed by atoms with Crippen LogP contribution in [0.5, 0.6) is 0 Å². The lowest BCUT2D eigenvalue weighted by Gasteiger charge is -2.00. The molecule has 0 saturated carbocycles. The first-order valence-corrected chi connectivity index (χ1v) is 6.69. The Hall–Kier alpha value is -2.21. The molecule has 96 valence electrons. The molecule has 0 aliphatic carbocycles. The molecule has 0 spiro atoms. The number of aryl methyl sites for hydroxylation is 2. The largest absolute Gasteiger partial charge is 0.330 e. The van der Waals surface area contributed by atoms with Gasteiger partial charge < -0.3 is 5.32 Å². The van der Waals surface area contributed by atoms with E-state index in [0.717, 1.165) is 22.2 Å². The van der Waals surface area contributed by atoms with Gasteiger partial charge in [-0.1, -0.05) is 18.2 Å². The molecule has 3 rings (SSSR count). The molecule has 0 radical (unpaired) electrons. The highest BCUT2D eigenvalue weighted by molar-refractivity contribution is 7.09. The van der Waals surface area contributed by atoms with E-state index in [0.29, 0.717) is 5.95 Å². The number of aromatic nitrogens is 4. The number of para-hydroxylation sites is 1. The second-order valence-electron chi connectivity index (χ2n) is 4.23. The fourth-order valence-electron chi connectivity index (χ4n) is 1.83. The van der Waals surface area contributed by atoms with Crippen LogP contribution in [0.4, 0.5) is 10.8 Å². The van der Waals surface area contributed by atoms with Crippen molar-refractivity contribution in [3.8, 4) is 5.95 Å². The second-order valence-corrected chi connectivity index (χ2v) is 4.98. The molecule has 0 saturated heterocycles. The Morgan fingerprint density at radius 3 is 2.63 bits per heavy atom. The van der Waals surface area contributed by atoms with E-state index in [9.17, 15) is 0 Å². The van der Waals surface area contributed by atoms with Crippen molar-refractivity contribution in [2.24, 2.45) is 0 Å². The lowest BCUT2D eigenvalue weighted by molar-refractivity contribution is 0.791. The monoisotopic (exact) mass is 271 g/mol. The molecular weight excluding hydrogens is 258 g/mol. The number of benzene rings is 1. The summed E-state index contributed by atoms with van der Waals surface area (Å²) in [6.45, 7) is 3.95. The number of rotatable bonds is 3. The molecular formula is C13H13N5S. The van der Waals surface area contributed by atoms with Gasteiger partial charge in [0.05, 0.1) is 5.69 Å². The summed E-state index contributed by atoms with van der Waals surface area (Å²) in [5.74, 6) is 0.606. The predicted molar refractivity (Wildman–Crippen MR) is 76.2 cm³/mol. The van der Waals surface area contributed by atoms with E-state index in [1.807, 2.05) is 50.2 Å². The topological polar surface area (TPSA) is 55.6 Å². The Kier molecular flexibility index (Phi) is 3.00. The van der Waals surface area contributed by atoms with Gasteiger partial charge in [0.2, 0.25) is 5.13 Å². The smallest absolute Gasteiger partial charge is 0.264 e. The minimum atomic E-state index is 0.606. The van der Waals surface area contributed by atoms with Crippen molar-refractivity contribution in [2.45, 2.75) is 13.8 Å². The molecule has 1 N–H and O–H groups in total. The number of hydrogen-bond acceptors (Lipinski definition) is 5. The highest BCUT2D eigenvalue weighted by Crippen LogP contribution is 2.20. The minimum Gasteiger partial charge on any atom is -0.330 e. The maximum atomic E-state index is 4.45. The molecule has 2 heterocycles. The second kappa shape index (κ2) is 4.81.